The number of anilines is 1. The molecule has 1 aromatic rings. The highest BCUT2D eigenvalue weighted by atomic mass is 35.5. The maximum absolute atomic E-state index is 12.8. The van der Waals surface area contributed by atoms with Crippen molar-refractivity contribution in [2.75, 3.05) is 25.1 Å². The standard InChI is InChI=1S/C16H19ClN2O3/c1-22-14-6-5-11(17)9-12(14)19-15(20)10-13(16(19)21)18-7-3-2-4-8-18/h5-6,9,13H,2-4,7-8,10H2,1H3. The average Bonchev–Trinajstić information content (AvgIpc) is 2.83. The van der Waals surface area contributed by atoms with Gasteiger partial charge in [-0.3, -0.25) is 14.5 Å². The van der Waals surface area contributed by atoms with E-state index in [-0.39, 0.29) is 24.3 Å². The highest BCUT2D eigenvalue weighted by Gasteiger charge is 2.43. The third-order valence-corrected chi connectivity index (χ3v) is 4.57. The van der Waals surface area contributed by atoms with E-state index in [0.29, 0.717) is 16.5 Å². The molecule has 0 N–H and O–H groups in total. The Morgan fingerprint density at radius 3 is 2.59 bits per heavy atom. The van der Waals surface area contributed by atoms with E-state index in [1.54, 1.807) is 18.2 Å². The van der Waals surface area contributed by atoms with Gasteiger partial charge in [0.1, 0.15) is 5.75 Å². The molecule has 2 aliphatic rings. The largest absolute Gasteiger partial charge is 0.495 e. The maximum atomic E-state index is 12.8. The van der Waals surface area contributed by atoms with E-state index < -0.39 is 0 Å². The molecule has 1 aromatic carbocycles. The molecule has 1 unspecified atom stereocenters. The molecule has 22 heavy (non-hydrogen) atoms. The molecule has 2 amide bonds. The number of carbonyl (C=O) groups is 2. The lowest BCUT2D eigenvalue weighted by Crippen LogP contribution is -2.44. The second-order valence-corrected chi connectivity index (χ2v) is 6.14. The summed E-state index contributed by atoms with van der Waals surface area (Å²) in [6, 6.07) is 4.61. The molecule has 2 aliphatic heterocycles. The molecule has 3 rings (SSSR count). The lowest BCUT2D eigenvalue weighted by Gasteiger charge is -2.30. The second-order valence-electron chi connectivity index (χ2n) is 5.70. The van der Waals surface area contributed by atoms with Crippen LogP contribution in [0.5, 0.6) is 5.75 Å². The van der Waals surface area contributed by atoms with E-state index in [1.807, 2.05) is 0 Å². The van der Waals surface area contributed by atoms with Gasteiger partial charge in [0.25, 0.3) is 5.91 Å². The molecule has 0 spiro atoms. The van der Waals surface area contributed by atoms with Crippen molar-refractivity contribution in [1.82, 2.24) is 4.90 Å². The first-order valence-electron chi connectivity index (χ1n) is 7.56. The Bertz CT molecular complexity index is 599. The molecule has 0 radical (unpaired) electrons. The predicted octanol–water partition coefficient (Wildman–Crippen LogP) is 2.47. The summed E-state index contributed by atoms with van der Waals surface area (Å²) in [5, 5.41) is 0.470. The highest BCUT2D eigenvalue weighted by Crippen LogP contribution is 2.35. The topological polar surface area (TPSA) is 49.9 Å². The van der Waals surface area contributed by atoms with Gasteiger partial charge in [0.05, 0.1) is 25.3 Å². The summed E-state index contributed by atoms with van der Waals surface area (Å²) in [4.78, 5) is 28.5. The fraction of sp³-hybridized carbons (Fsp3) is 0.500. The van der Waals surface area contributed by atoms with Crippen molar-refractivity contribution in [3.63, 3.8) is 0 Å². The fourth-order valence-corrected chi connectivity index (χ4v) is 3.39. The number of halogens is 1. The molecule has 5 nitrogen and oxygen atoms in total. The van der Waals surface area contributed by atoms with E-state index in [1.165, 1.54) is 18.4 Å². The van der Waals surface area contributed by atoms with E-state index in [0.717, 1.165) is 25.9 Å². The molecule has 0 bridgehead atoms. The molecule has 0 saturated carbocycles. The summed E-state index contributed by atoms with van der Waals surface area (Å²) in [7, 11) is 1.51. The number of amides is 2. The van der Waals surface area contributed by atoms with E-state index in [4.69, 9.17) is 16.3 Å². The summed E-state index contributed by atoms with van der Waals surface area (Å²) in [5.74, 6) is 0.110. The predicted molar refractivity (Wildman–Crippen MR) is 84.3 cm³/mol. The second kappa shape index (κ2) is 6.26. The normalized spacial score (nSPS) is 23.2. The van der Waals surface area contributed by atoms with Crippen molar-refractivity contribution in [2.45, 2.75) is 31.7 Å². The molecule has 6 heteroatoms. The number of benzene rings is 1. The maximum Gasteiger partial charge on any atom is 0.251 e. The van der Waals surface area contributed by atoms with Crippen LogP contribution in [0.2, 0.25) is 5.02 Å². The third-order valence-electron chi connectivity index (χ3n) is 4.34. The van der Waals surface area contributed by atoms with Crippen molar-refractivity contribution in [3.05, 3.63) is 23.2 Å². The highest BCUT2D eigenvalue weighted by molar-refractivity contribution is 6.31. The summed E-state index contributed by atoms with van der Waals surface area (Å²) in [6.07, 6.45) is 3.59. The molecule has 0 aliphatic carbocycles. The van der Waals surface area contributed by atoms with Crippen LogP contribution in [-0.4, -0.2) is 43.0 Å². The van der Waals surface area contributed by atoms with Crippen molar-refractivity contribution >= 4 is 29.1 Å². The Balaban J connectivity index is 1.90. The van der Waals surface area contributed by atoms with E-state index in [9.17, 15) is 9.59 Å². The van der Waals surface area contributed by atoms with Gasteiger partial charge in [0.2, 0.25) is 5.91 Å². The number of piperidine rings is 1. The summed E-state index contributed by atoms with van der Waals surface area (Å²) < 4.78 is 5.27. The zero-order chi connectivity index (χ0) is 15.7. The van der Waals surface area contributed by atoms with Crippen molar-refractivity contribution < 1.29 is 14.3 Å². The molecule has 2 heterocycles. The minimum Gasteiger partial charge on any atom is -0.495 e. The van der Waals surface area contributed by atoms with Gasteiger partial charge in [-0.25, -0.2) is 4.90 Å². The first-order chi connectivity index (χ1) is 10.6. The molecule has 118 valence electrons. The van der Waals surface area contributed by atoms with Crippen LogP contribution in [0.3, 0.4) is 0 Å². The number of ether oxygens (including phenoxy) is 1. The van der Waals surface area contributed by atoms with Crippen LogP contribution in [-0.2, 0) is 9.59 Å². The Hall–Kier alpha value is -1.59. The van der Waals surface area contributed by atoms with Crippen LogP contribution in [0.25, 0.3) is 0 Å². The fourth-order valence-electron chi connectivity index (χ4n) is 3.22. The number of rotatable bonds is 3. The number of imide groups is 1. The number of likely N-dealkylation sites (tertiary alicyclic amines) is 1. The van der Waals surface area contributed by atoms with Crippen molar-refractivity contribution in [3.8, 4) is 5.75 Å². The molecular formula is C16H19ClN2O3. The Labute approximate surface area is 134 Å². The van der Waals surface area contributed by atoms with E-state index >= 15 is 0 Å². The molecule has 1 atom stereocenters. The summed E-state index contributed by atoms with van der Waals surface area (Å²) in [6.45, 7) is 1.76. The number of nitrogens with zero attached hydrogens (tertiary/aromatic N) is 2. The monoisotopic (exact) mass is 322 g/mol. The molecule has 0 aromatic heterocycles. The third kappa shape index (κ3) is 2.71. The van der Waals surface area contributed by atoms with Gasteiger partial charge < -0.3 is 4.74 Å². The number of hydrogen-bond donors (Lipinski definition) is 0. The smallest absolute Gasteiger partial charge is 0.251 e. The number of methoxy groups -OCH3 is 1. The van der Waals surface area contributed by atoms with Crippen LogP contribution in [0, 0.1) is 0 Å². The quantitative estimate of drug-likeness (QED) is 0.802. The van der Waals surface area contributed by atoms with Gasteiger partial charge in [0.15, 0.2) is 0 Å². The first-order valence-corrected chi connectivity index (χ1v) is 7.94. The Kier molecular flexibility index (Phi) is 4.36. The van der Waals surface area contributed by atoms with Gasteiger partial charge in [-0.05, 0) is 44.1 Å². The SMILES string of the molecule is COc1ccc(Cl)cc1N1C(=O)CC(N2CCCCC2)C1=O. The minimum atomic E-state index is -0.350. The lowest BCUT2D eigenvalue weighted by atomic mass is 10.1. The van der Waals surface area contributed by atoms with Gasteiger partial charge in [-0.2, -0.15) is 0 Å². The van der Waals surface area contributed by atoms with Gasteiger partial charge in [-0.15, -0.1) is 0 Å². The Morgan fingerprint density at radius 1 is 1.18 bits per heavy atom. The van der Waals surface area contributed by atoms with Gasteiger partial charge in [0, 0.05) is 5.02 Å². The molecule has 2 fully saturated rings. The van der Waals surface area contributed by atoms with Crippen LogP contribution in [0.1, 0.15) is 25.7 Å². The van der Waals surface area contributed by atoms with Gasteiger partial charge in [-0.1, -0.05) is 18.0 Å². The van der Waals surface area contributed by atoms with Crippen LogP contribution >= 0.6 is 11.6 Å². The Morgan fingerprint density at radius 2 is 1.91 bits per heavy atom. The zero-order valence-electron chi connectivity index (χ0n) is 12.5. The zero-order valence-corrected chi connectivity index (χ0v) is 13.3. The van der Waals surface area contributed by atoms with Crippen LogP contribution < -0.4 is 9.64 Å². The number of hydrogen-bond acceptors (Lipinski definition) is 4. The van der Waals surface area contributed by atoms with Crippen LogP contribution in [0.4, 0.5) is 5.69 Å². The van der Waals surface area contributed by atoms with Crippen molar-refractivity contribution in [2.24, 2.45) is 0 Å². The molecule has 2 saturated heterocycles. The first kappa shape index (κ1) is 15.3. The van der Waals surface area contributed by atoms with E-state index in [2.05, 4.69) is 4.90 Å². The number of carbonyl (C=O) groups excluding carboxylic acids is 2. The lowest BCUT2D eigenvalue weighted by molar-refractivity contribution is -0.123. The summed E-state index contributed by atoms with van der Waals surface area (Å²) in [5.41, 5.74) is 0.435. The van der Waals surface area contributed by atoms with Crippen LogP contribution in [0.15, 0.2) is 18.2 Å². The average molecular weight is 323 g/mol. The minimum absolute atomic E-state index is 0.174. The van der Waals surface area contributed by atoms with Gasteiger partial charge >= 0.3 is 0 Å². The molecular weight excluding hydrogens is 304 g/mol. The van der Waals surface area contributed by atoms with Crippen molar-refractivity contribution in [1.29, 1.82) is 0 Å². The summed E-state index contributed by atoms with van der Waals surface area (Å²) >= 11 is 6.02.